The average molecular weight is 310 g/mol. The quantitative estimate of drug-likeness (QED) is 0.527. The molecule has 0 aliphatic rings. The molecule has 0 bridgehead atoms. The maximum atomic E-state index is 11.1. The predicted octanol–water partition coefficient (Wildman–Crippen LogP) is 2.28. The summed E-state index contributed by atoms with van der Waals surface area (Å²) in [5.41, 5.74) is 0.491. The molecule has 0 fully saturated rings. The number of methoxy groups -OCH3 is 1. The second-order valence-corrected chi connectivity index (χ2v) is 3.78. The molecule has 1 N–H and O–H groups in total. The van der Waals surface area contributed by atoms with E-state index < -0.39 is 0 Å². The molecule has 0 atom stereocenters. The summed E-state index contributed by atoms with van der Waals surface area (Å²) in [6.07, 6.45) is 1.56. The van der Waals surface area contributed by atoms with Gasteiger partial charge in [0.25, 0.3) is 0 Å². The van der Waals surface area contributed by atoms with Gasteiger partial charge in [-0.3, -0.25) is 0 Å². The molecule has 0 unspecified atom stereocenters. The number of carbonyl (C=O) groups excluding carboxylic acids is 1. The normalized spacial score (nSPS) is 9.38. The Kier molecular flexibility index (Phi) is 4.29. The van der Waals surface area contributed by atoms with E-state index in [9.17, 15) is 4.79 Å². The Morgan fingerprint density at radius 1 is 1.77 bits per heavy atom. The summed E-state index contributed by atoms with van der Waals surface area (Å²) in [6.45, 7) is 0. The van der Waals surface area contributed by atoms with Gasteiger partial charge >= 0.3 is 5.97 Å². The minimum Gasteiger partial charge on any atom is -0.465 e. The molecule has 70 valence electrons. The lowest BCUT2D eigenvalue weighted by Gasteiger charge is -2.01. The van der Waals surface area contributed by atoms with Crippen molar-refractivity contribution in [1.82, 2.24) is 4.98 Å². The van der Waals surface area contributed by atoms with Gasteiger partial charge in [-0.15, -0.1) is 0 Å². The van der Waals surface area contributed by atoms with Crippen LogP contribution in [0.1, 0.15) is 10.4 Å². The van der Waals surface area contributed by atoms with Crippen LogP contribution in [0.25, 0.3) is 0 Å². The van der Waals surface area contributed by atoms with E-state index in [4.69, 9.17) is 0 Å². The van der Waals surface area contributed by atoms with Crippen LogP contribution in [-0.2, 0) is 4.74 Å². The number of nitrogens with one attached hydrogen (secondary N) is 1. The molecule has 0 aromatic carbocycles. The van der Waals surface area contributed by atoms with Gasteiger partial charge in [0, 0.05) is 36.5 Å². The molecule has 0 saturated carbocycles. The molecule has 13 heavy (non-hydrogen) atoms. The van der Waals surface area contributed by atoms with Crippen LogP contribution < -0.4 is 4.72 Å². The van der Waals surface area contributed by atoms with E-state index in [-0.39, 0.29) is 5.97 Å². The predicted molar refractivity (Wildman–Crippen MR) is 60.8 cm³/mol. The van der Waals surface area contributed by atoms with Gasteiger partial charge in [0.05, 0.1) is 12.7 Å². The largest absolute Gasteiger partial charge is 0.465 e. The zero-order valence-electron chi connectivity index (χ0n) is 6.78. The minimum atomic E-state index is -0.357. The van der Waals surface area contributed by atoms with E-state index in [1.165, 1.54) is 16.2 Å². The lowest BCUT2D eigenvalue weighted by Crippen LogP contribution is -2.02. The van der Waals surface area contributed by atoms with E-state index in [2.05, 4.69) is 35.6 Å². The zero-order chi connectivity index (χ0) is 9.68. The number of nitrogens with zero attached hydrogens (tertiary/aromatic N) is 1. The van der Waals surface area contributed by atoms with Crippen molar-refractivity contribution in [2.45, 2.75) is 0 Å². The Balaban J connectivity index is 2.85. The van der Waals surface area contributed by atoms with Gasteiger partial charge < -0.3 is 9.46 Å². The lowest BCUT2D eigenvalue weighted by molar-refractivity contribution is 0.0600. The zero-order valence-corrected chi connectivity index (χ0v) is 9.76. The Labute approximate surface area is 92.2 Å². The number of esters is 1. The van der Waals surface area contributed by atoms with Crippen molar-refractivity contribution < 1.29 is 9.53 Å². The van der Waals surface area contributed by atoms with Crippen molar-refractivity contribution >= 4 is 42.1 Å². The summed E-state index contributed by atoms with van der Waals surface area (Å²) < 4.78 is 7.48. The molecule has 0 saturated heterocycles. The van der Waals surface area contributed by atoms with Crippen molar-refractivity contribution in [1.29, 1.82) is 0 Å². The van der Waals surface area contributed by atoms with Gasteiger partial charge in [-0.05, 0) is 12.1 Å². The number of ether oxygens (including phenoxy) is 1. The average Bonchev–Trinajstić information content (AvgIpc) is 2.18. The first-order valence-corrected chi connectivity index (χ1v) is 6.72. The maximum absolute atomic E-state index is 11.1. The molecule has 1 aromatic rings. The Bertz CT molecular complexity index is 308. The highest BCUT2D eigenvalue weighted by Gasteiger charge is 2.05. The molecule has 1 heterocycles. The monoisotopic (exact) mass is 310 g/mol. The van der Waals surface area contributed by atoms with Gasteiger partial charge in [0.2, 0.25) is 0 Å². The van der Waals surface area contributed by atoms with E-state index in [1.54, 1.807) is 18.3 Å². The summed E-state index contributed by atoms with van der Waals surface area (Å²) in [6, 6.07) is 3.24. The van der Waals surface area contributed by atoms with E-state index in [1.807, 2.05) is 0 Å². The summed E-state index contributed by atoms with van der Waals surface area (Å²) >= 11 is 2.08. The summed E-state index contributed by atoms with van der Waals surface area (Å²) in [5.74, 6) is 0.284. The second kappa shape index (κ2) is 5.28. The molecule has 0 spiro atoms. The number of rotatable bonds is 3. The fraction of sp³-hybridized carbons (Fsp3) is 0.143. The third kappa shape index (κ3) is 3.03. The van der Waals surface area contributed by atoms with Crippen molar-refractivity contribution in [3.05, 3.63) is 23.9 Å². The summed E-state index contributed by atoms with van der Waals surface area (Å²) in [4.78, 5) is 15.1. The number of halogens is 1. The second-order valence-electron chi connectivity index (χ2n) is 2.10. The van der Waals surface area contributed by atoms with Crippen LogP contribution in [0.2, 0.25) is 0 Å². The number of pyridine rings is 1. The Hall–Kier alpha value is -0.500. The number of anilines is 1. The summed E-state index contributed by atoms with van der Waals surface area (Å²) in [7, 11) is 2.74. The van der Waals surface area contributed by atoms with Crippen LogP contribution in [-0.4, -0.2) is 18.1 Å². The van der Waals surface area contributed by atoms with Crippen LogP contribution in [0.5, 0.6) is 0 Å². The number of hydrogen-bond donors (Lipinski definition) is 1. The van der Waals surface area contributed by atoms with Crippen molar-refractivity contribution in [3.63, 3.8) is 0 Å². The van der Waals surface area contributed by atoms with Gasteiger partial charge in [0.1, 0.15) is 5.82 Å². The first kappa shape index (κ1) is 10.6. The van der Waals surface area contributed by atoms with Crippen LogP contribution in [0, 0.1) is 0 Å². The van der Waals surface area contributed by atoms with Gasteiger partial charge in [-0.2, -0.15) is 0 Å². The van der Waals surface area contributed by atoms with Crippen molar-refractivity contribution in [2.75, 3.05) is 11.8 Å². The molecular weight excluding hydrogens is 303 g/mol. The Morgan fingerprint density at radius 3 is 3.15 bits per heavy atom. The van der Waals surface area contributed by atoms with Crippen LogP contribution in [0.3, 0.4) is 0 Å². The maximum Gasteiger partial charge on any atom is 0.338 e. The number of carbonyl (C=O) groups is 1. The Morgan fingerprint density at radius 2 is 2.54 bits per heavy atom. The third-order valence-corrected chi connectivity index (χ3v) is 2.27. The highest BCUT2D eigenvalue weighted by Crippen LogP contribution is 2.16. The molecular formula is C7H7IN2O2S. The standard InChI is InChI=1S/C7H7IN2O2S/c1-12-7(11)5-2-3-9-6(4-5)10-13-8/h2-4H,1H3,(H,9,10). The number of aromatic nitrogens is 1. The highest BCUT2D eigenvalue weighted by atomic mass is 127. The molecule has 0 amide bonds. The van der Waals surface area contributed by atoms with Gasteiger partial charge in [0.15, 0.2) is 0 Å². The molecule has 0 radical (unpaired) electrons. The molecule has 4 nitrogen and oxygen atoms in total. The summed E-state index contributed by atoms with van der Waals surface area (Å²) in [5, 5.41) is 0. The third-order valence-electron chi connectivity index (χ3n) is 1.32. The molecule has 1 rings (SSSR count). The molecule has 0 aliphatic carbocycles. The number of hydrogen-bond acceptors (Lipinski definition) is 5. The van der Waals surface area contributed by atoms with Crippen LogP contribution in [0.4, 0.5) is 5.82 Å². The minimum absolute atomic E-state index is 0.357. The van der Waals surface area contributed by atoms with E-state index in [0.29, 0.717) is 11.4 Å². The van der Waals surface area contributed by atoms with Gasteiger partial charge in [-0.1, -0.05) is 0 Å². The van der Waals surface area contributed by atoms with Gasteiger partial charge in [-0.25, -0.2) is 9.78 Å². The molecule has 6 heteroatoms. The van der Waals surface area contributed by atoms with Crippen LogP contribution in [0.15, 0.2) is 18.3 Å². The van der Waals surface area contributed by atoms with E-state index >= 15 is 0 Å². The molecule has 0 aliphatic heterocycles. The smallest absolute Gasteiger partial charge is 0.338 e. The van der Waals surface area contributed by atoms with Crippen molar-refractivity contribution in [2.24, 2.45) is 0 Å². The van der Waals surface area contributed by atoms with Crippen molar-refractivity contribution in [3.8, 4) is 0 Å². The van der Waals surface area contributed by atoms with Crippen LogP contribution >= 0.6 is 30.3 Å². The first-order chi connectivity index (χ1) is 6.27. The SMILES string of the molecule is COC(=O)c1ccnc(NSI)c1. The highest BCUT2D eigenvalue weighted by molar-refractivity contribution is 14.2. The van der Waals surface area contributed by atoms with E-state index in [0.717, 1.165) is 0 Å². The lowest BCUT2D eigenvalue weighted by atomic mass is 10.3. The fourth-order valence-corrected chi connectivity index (χ4v) is 1.64. The first-order valence-electron chi connectivity index (χ1n) is 3.36. The fourth-order valence-electron chi connectivity index (χ4n) is 0.771. The topological polar surface area (TPSA) is 51.2 Å². The molecule has 1 aromatic heterocycles.